The van der Waals surface area contributed by atoms with Crippen molar-refractivity contribution in [3.63, 3.8) is 0 Å². The highest BCUT2D eigenvalue weighted by Crippen LogP contribution is 2.00. The van der Waals surface area contributed by atoms with Crippen LogP contribution in [0.25, 0.3) is 0 Å². The summed E-state index contributed by atoms with van der Waals surface area (Å²) < 4.78 is 16.1. The van der Waals surface area contributed by atoms with E-state index in [4.69, 9.17) is 14.2 Å². The molecule has 1 saturated heterocycles. The van der Waals surface area contributed by atoms with Crippen LogP contribution in [0.5, 0.6) is 0 Å². The molecule has 1 heterocycles. The SMILES string of the molecule is CNCCOCCOCCN1CCN(CCOC)CC1. The van der Waals surface area contributed by atoms with Gasteiger partial charge >= 0.3 is 0 Å². The molecule has 0 aromatic heterocycles. The lowest BCUT2D eigenvalue weighted by Gasteiger charge is -2.34. The van der Waals surface area contributed by atoms with E-state index in [9.17, 15) is 0 Å². The Hall–Kier alpha value is -0.240. The predicted octanol–water partition coefficient (Wildman–Crippen LogP) is -0.497. The van der Waals surface area contributed by atoms with E-state index < -0.39 is 0 Å². The van der Waals surface area contributed by atoms with Crippen LogP contribution in [0, 0.1) is 0 Å². The molecule has 1 N–H and O–H groups in total. The molecule has 0 aromatic carbocycles. The van der Waals surface area contributed by atoms with Crippen LogP contribution in [0.3, 0.4) is 0 Å². The average molecular weight is 289 g/mol. The van der Waals surface area contributed by atoms with Crippen LogP contribution in [0.15, 0.2) is 0 Å². The fraction of sp³-hybridized carbons (Fsp3) is 1.00. The summed E-state index contributed by atoms with van der Waals surface area (Å²) in [5.74, 6) is 0. The van der Waals surface area contributed by atoms with Crippen molar-refractivity contribution in [1.29, 1.82) is 0 Å². The van der Waals surface area contributed by atoms with Crippen molar-refractivity contribution in [2.75, 3.05) is 93.0 Å². The van der Waals surface area contributed by atoms with Crippen molar-refractivity contribution in [3.05, 3.63) is 0 Å². The fourth-order valence-electron chi connectivity index (χ4n) is 2.15. The van der Waals surface area contributed by atoms with E-state index in [2.05, 4.69) is 15.1 Å². The van der Waals surface area contributed by atoms with Crippen LogP contribution >= 0.6 is 0 Å². The number of hydrogen-bond acceptors (Lipinski definition) is 6. The smallest absolute Gasteiger partial charge is 0.0701 e. The zero-order valence-corrected chi connectivity index (χ0v) is 13.1. The minimum atomic E-state index is 0.687. The second-order valence-corrected chi connectivity index (χ2v) is 5.00. The highest BCUT2D eigenvalue weighted by Gasteiger charge is 2.15. The van der Waals surface area contributed by atoms with Gasteiger partial charge in [-0.05, 0) is 7.05 Å². The molecule has 0 bridgehead atoms. The van der Waals surface area contributed by atoms with Crippen LogP contribution in [0.1, 0.15) is 0 Å². The van der Waals surface area contributed by atoms with Crippen molar-refractivity contribution in [2.45, 2.75) is 0 Å². The summed E-state index contributed by atoms with van der Waals surface area (Å²) >= 11 is 0. The highest BCUT2D eigenvalue weighted by molar-refractivity contribution is 4.71. The van der Waals surface area contributed by atoms with Gasteiger partial charge in [-0.2, -0.15) is 0 Å². The van der Waals surface area contributed by atoms with Crippen molar-refractivity contribution >= 4 is 0 Å². The molecule has 0 amide bonds. The summed E-state index contributed by atoms with van der Waals surface area (Å²) in [5, 5.41) is 3.04. The first-order valence-electron chi connectivity index (χ1n) is 7.60. The molecule has 0 unspecified atom stereocenters. The van der Waals surface area contributed by atoms with Crippen molar-refractivity contribution in [3.8, 4) is 0 Å². The lowest BCUT2D eigenvalue weighted by atomic mass is 10.3. The van der Waals surface area contributed by atoms with Gasteiger partial charge in [-0.25, -0.2) is 0 Å². The van der Waals surface area contributed by atoms with Crippen molar-refractivity contribution < 1.29 is 14.2 Å². The second kappa shape index (κ2) is 12.5. The van der Waals surface area contributed by atoms with Crippen LogP contribution in [0.4, 0.5) is 0 Å². The molecule has 0 atom stereocenters. The molecule has 0 spiro atoms. The van der Waals surface area contributed by atoms with E-state index in [1.165, 1.54) is 0 Å². The van der Waals surface area contributed by atoms with Crippen molar-refractivity contribution in [2.24, 2.45) is 0 Å². The van der Waals surface area contributed by atoms with Crippen LogP contribution < -0.4 is 5.32 Å². The third kappa shape index (κ3) is 8.84. The number of rotatable bonds is 12. The fourth-order valence-corrected chi connectivity index (χ4v) is 2.15. The molecule has 1 aliphatic rings. The Morgan fingerprint density at radius 2 is 1.35 bits per heavy atom. The molecule has 0 saturated carbocycles. The number of piperazine rings is 1. The summed E-state index contributed by atoms with van der Waals surface area (Å²) in [5.41, 5.74) is 0. The lowest BCUT2D eigenvalue weighted by Crippen LogP contribution is -2.48. The largest absolute Gasteiger partial charge is 0.383 e. The first-order chi connectivity index (χ1) is 9.86. The van der Waals surface area contributed by atoms with Gasteiger partial charge in [0, 0.05) is 52.9 Å². The van der Waals surface area contributed by atoms with Gasteiger partial charge in [-0.15, -0.1) is 0 Å². The van der Waals surface area contributed by atoms with Crippen LogP contribution in [-0.4, -0.2) is 103 Å². The van der Waals surface area contributed by atoms with Crippen LogP contribution in [-0.2, 0) is 14.2 Å². The number of methoxy groups -OCH3 is 1. The van der Waals surface area contributed by atoms with E-state index in [1.807, 2.05) is 7.05 Å². The maximum atomic E-state index is 5.59. The van der Waals surface area contributed by atoms with E-state index in [-0.39, 0.29) is 0 Å². The molecule has 120 valence electrons. The minimum Gasteiger partial charge on any atom is -0.383 e. The number of nitrogens with zero attached hydrogens (tertiary/aromatic N) is 2. The van der Waals surface area contributed by atoms with Crippen molar-refractivity contribution in [1.82, 2.24) is 15.1 Å². The molecule has 20 heavy (non-hydrogen) atoms. The Kier molecular flexibility index (Phi) is 11.1. The van der Waals surface area contributed by atoms with Gasteiger partial charge in [0.2, 0.25) is 0 Å². The molecule has 6 nitrogen and oxygen atoms in total. The van der Waals surface area contributed by atoms with Crippen LogP contribution in [0.2, 0.25) is 0 Å². The Morgan fingerprint density at radius 1 is 0.800 bits per heavy atom. The van der Waals surface area contributed by atoms with Gasteiger partial charge in [0.25, 0.3) is 0 Å². The summed E-state index contributed by atoms with van der Waals surface area (Å²) in [6, 6.07) is 0. The Bertz CT molecular complexity index is 212. The summed E-state index contributed by atoms with van der Waals surface area (Å²) in [6.45, 7) is 11.3. The predicted molar refractivity (Wildman–Crippen MR) is 80.3 cm³/mol. The van der Waals surface area contributed by atoms with E-state index in [1.54, 1.807) is 7.11 Å². The quantitative estimate of drug-likeness (QED) is 0.489. The molecule has 1 rings (SSSR count). The Labute approximate surface area is 123 Å². The molecule has 1 fully saturated rings. The number of nitrogens with one attached hydrogen (secondary N) is 1. The maximum Gasteiger partial charge on any atom is 0.0701 e. The maximum absolute atomic E-state index is 5.59. The Morgan fingerprint density at radius 3 is 1.90 bits per heavy atom. The van der Waals surface area contributed by atoms with E-state index in [0.717, 1.165) is 65.6 Å². The summed E-state index contributed by atoms with van der Waals surface area (Å²) in [4.78, 5) is 4.92. The first-order valence-corrected chi connectivity index (χ1v) is 7.60. The topological polar surface area (TPSA) is 46.2 Å². The summed E-state index contributed by atoms with van der Waals surface area (Å²) in [7, 11) is 3.69. The second-order valence-electron chi connectivity index (χ2n) is 5.00. The summed E-state index contributed by atoms with van der Waals surface area (Å²) in [6.07, 6.45) is 0. The lowest BCUT2D eigenvalue weighted by molar-refractivity contribution is 0.0308. The van der Waals surface area contributed by atoms with Gasteiger partial charge in [0.15, 0.2) is 0 Å². The number of ether oxygens (including phenoxy) is 3. The van der Waals surface area contributed by atoms with Gasteiger partial charge in [-0.1, -0.05) is 0 Å². The first kappa shape index (κ1) is 17.8. The van der Waals surface area contributed by atoms with E-state index >= 15 is 0 Å². The molecule has 0 aromatic rings. The number of hydrogen-bond donors (Lipinski definition) is 1. The van der Waals surface area contributed by atoms with E-state index in [0.29, 0.717) is 13.2 Å². The normalized spacial score (nSPS) is 17.7. The average Bonchev–Trinajstić information content (AvgIpc) is 2.49. The van der Waals surface area contributed by atoms with Gasteiger partial charge in [0.05, 0.1) is 33.0 Å². The molecular formula is C14H31N3O3. The standard InChI is InChI=1S/C14H31N3O3/c1-15-3-10-19-13-14-20-12-9-17-6-4-16(5-7-17)8-11-18-2/h15H,3-14H2,1-2H3. The van der Waals surface area contributed by atoms with Gasteiger partial charge in [0.1, 0.15) is 0 Å². The number of likely N-dealkylation sites (N-methyl/N-ethyl adjacent to an activating group) is 1. The molecule has 0 aliphatic carbocycles. The third-order valence-electron chi connectivity index (χ3n) is 3.50. The monoisotopic (exact) mass is 289 g/mol. The van der Waals surface area contributed by atoms with Gasteiger partial charge in [-0.3, -0.25) is 9.80 Å². The zero-order valence-electron chi connectivity index (χ0n) is 13.1. The molecule has 6 heteroatoms. The third-order valence-corrected chi connectivity index (χ3v) is 3.50. The van der Waals surface area contributed by atoms with Gasteiger partial charge < -0.3 is 19.5 Å². The minimum absolute atomic E-state index is 0.687. The molecule has 1 aliphatic heterocycles. The molecule has 0 radical (unpaired) electrons. The zero-order chi connectivity index (χ0) is 14.5. The Balaban J connectivity index is 1.86. The molecular weight excluding hydrogens is 258 g/mol. The highest BCUT2D eigenvalue weighted by atomic mass is 16.5.